The van der Waals surface area contributed by atoms with Crippen LogP contribution >= 0.6 is 30.1 Å². The van der Waals surface area contributed by atoms with Crippen LogP contribution in [0.25, 0.3) is 0 Å². The van der Waals surface area contributed by atoms with E-state index in [0.29, 0.717) is 0 Å². The average molecular weight is 370 g/mol. The van der Waals surface area contributed by atoms with Gasteiger partial charge in [0.1, 0.15) is 0 Å². The third-order valence-electron chi connectivity index (χ3n) is 3.57. The van der Waals surface area contributed by atoms with E-state index in [4.69, 9.17) is 0 Å². The summed E-state index contributed by atoms with van der Waals surface area (Å²) in [6.45, 7) is 9.62. The summed E-state index contributed by atoms with van der Waals surface area (Å²) < 4.78 is 1.33. The summed E-state index contributed by atoms with van der Waals surface area (Å²) in [7, 11) is -0.214. The Morgan fingerprint density at radius 2 is 1.59 bits per heavy atom. The van der Waals surface area contributed by atoms with Crippen LogP contribution in [-0.2, 0) is 0 Å². The summed E-state index contributed by atoms with van der Waals surface area (Å²) in [4.78, 5) is 0. The van der Waals surface area contributed by atoms with Crippen molar-refractivity contribution in [3.05, 3.63) is 0 Å². The lowest BCUT2D eigenvalue weighted by Crippen LogP contribution is -2.02. The van der Waals surface area contributed by atoms with Gasteiger partial charge in [0.15, 0.2) is 0 Å². The molecule has 0 nitrogen and oxygen atoms in total. The van der Waals surface area contributed by atoms with Crippen LogP contribution in [-0.4, -0.2) is 21.5 Å². The molecule has 0 aromatic heterocycles. The van der Waals surface area contributed by atoms with Crippen molar-refractivity contribution in [1.29, 1.82) is 0 Å². The number of rotatable bonds is 10. The molecule has 0 fully saturated rings. The van der Waals surface area contributed by atoms with Crippen molar-refractivity contribution < 1.29 is 0 Å². The molecule has 17 heavy (non-hydrogen) atoms. The zero-order chi connectivity index (χ0) is 13.1. The zero-order valence-corrected chi connectivity index (χ0v) is 15.4. The average Bonchev–Trinajstić information content (AvgIpc) is 2.31. The fraction of sp³-hybridized carbons (Fsp3) is 0.933. The van der Waals surface area contributed by atoms with Gasteiger partial charge >= 0.3 is 0 Å². The van der Waals surface area contributed by atoms with Gasteiger partial charge in [-0.2, -0.15) is 0 Å². The van der Waals surface area contributed by atoms with Crippen LogP contribution in [0.15, 0.2) is 0 Å². The van der Waals surface area contributed by atoms with E-state index >= 15 is 0 Å². The second-order valence-electron chi connectivity index (χ2n) is 5.41. The summed E-state index contributed by atoms with van der Waals surface area (Å²) in [5.41, 5.74) is 1.87. The summed E-state index contributed by atoms with van der Waals surface area (Å²) in [5, 5.41) is 0. The van der Waals surface area contributed by atoms with E-state index in [0.717, 1.165) is 11.3 Å². The molecule has 0 bridgehead atoms. The van der Waals surface area contributed by atoms with E-state index in [1.165, 1.54) is 49.4 Å². The van der Waals surface area contributed by atoms with Gasteiger partial charge in [-0.15, -0.1) is 7.55 Å². The number of hydrogen-bond donors (Lipinski definition) is 0. The highest BCUT2D eigenvalue weighted by Gasteiger charge is 2.08. The minimum atomic E-state index is -0.214. The number of alkyl halides is 1. The van der Waals surface area contributed by atoms with Gasteiger partial charge in [0.25, 0.3) is 0 Å². The van der Waals surface area contributed by atoms with Gasteiger partial charge in [-0.25, -0.2) is 0 Å². The molecule has 0 aromatic carbocycles. The molecule has 2 unspecified atom stereocenters. The van der Waals surface area contributed by atoms with E-state index in [-0.39, 0.29) is 7.55 Å². The highest BCUT2D eigenvalue weighted by molar-refractivity contribution is 14.1. The lowest BCUT2D eigenvalue weighted by Gasteiger charge is -2.19. The predicted octanol–water partition coefficient (Wildman–Crippen LogP) is 5.99. The van der Waals surface area contributed by atoms with E-state index in [1.807, 2.05) is 0 Å². The Hall–Kier alpha value is 1.03. The zero-order valence-electron chi connectivity index (χ0n) is 12.3. The molecule has 2 heteroatoms. The molecule has 0 radical (unpaired) electrons. The second-order valence-corrected chi connectivity index (χ2v) is 10.0. The van der Waals surface area contributed by atoms with E-state index in [1.54, 1.807) is 0 Å². The van der Waals surface area contributed by atoms with Crippen molar-refractivity contribution in [3.8, 4) is 0 Å². The molecular formula is C15H32IP. The molecule has 0 spiro atoms. The summed E-state index contributed by atoms with van der Waals surface area (Å²) in [6.07, 6.45) is 9.91. The highest BCUT2D eigenvalue weighted by atomic mass is 127. The van der Waals surface area contributed by atoms with Gasteiger partial charge in [0, 0.05) is 0 Å². The molecule has 2 atom stereocenters. The maximum atomic E-state index is 2.71. The van der Waals surface area contributed by atoms with E-state index in [9.17, 15) is 0 Å². The quantitative estimate of drug-likeness (QED) is 0.192. The number of unbranched alkanes of at least 4 members (excludes halogenated alkanes) is 5. The van der Waals surface area contributed by atoms with Crippen LogP contribution < -0.4 is 0 Å². The Labute approximate surface area is 124 Å². The van der Waals surface area contributed by atoms with Gasteiger partial charge < -0.3 is 0 Å². The van der Waals surface area contributed by atoms with Gasteiger partial charge in [-0.05, 0) is 41.4 Å². The Balaban J connectivity index is 3.78. The summed E-state index contributed by atoms with van der Waals surface area (Å²) >= 11 is 2.48. The molecule has 0 amide bonds. The van der Waals surface area contributed by atoms with Crippen molar-refractivity contribution in [2.24, 2.45) is 0 Å². The van der Waals surface area contributed by atoms with E-state index < -0.39 is 0 Å². The van der Waals surface area contributed by atoms with Crippen molar-refractivity contribution in [1.82, 2.24) is 0 Å². The molecule has 0 aliphatic carbocycles. The van der Waals surface area contributed by atoms with Gasteiger partial charge in [-0.3, -0.25) is 0 Å². The van der Waals surface area contributed by atoms with Crippen LogP contribution in [0.5, 0.6) is 0 Å². The third-order valence-corrected chi connectivity index (χ3v) is 7.97. The Morgan fingerprint density at radius 3 is 2.12 bits per heavy atom. The monoisotopic (exact) mass is 370 g/mol. The Kier molecular flexibility index (Phi) is 12.8. The molecule has 0 aliphatic heterocycles. The fourth-order valence-corrected chi connectivity index (χ4v) is 5.84. The first-order valence-electron chi connectivity index (χ1n) is 7.39. The van der Waals surface area contributed by atoms with Gasteiger partial charge in [-0.1, -0.05) is 75.3 Å². The van der Waals surface area contributed by atoms with Gasteiger partial charge in [0.2, 0.25) is 0 Å². The first-order valence-corrected chi connectivity index (χ1v) is 10.6. The van der Waals surface area contributed by atoms with Crippen LogP contribution in [0.3, 0.4) is 0 Å². The van der Waals surface area contributed by atoms with Crippen LogP contribution in [0.1, 0.15) is 72.6 Å². The number of hydrogen-bond acceptors (Lipinski definition) is 0. The first kappa shape index (κ1) is 18.0. The van der Waals surface area contributed by atoms with Crippen LogP contribution in [0, 0.1) is 0 Å². The fourth-order valence-electron chi connectivity index (χ4n) is 2.28. The molecule has 0 aliphatic rings. The highest BCUT2D eigenvalue weighted by Crippen LogP contribution is 2.36. The van der Waals surface area contributed by atoms with Gasteiger partial charge in [0.05, 0.1) is 0 Å². The molecule has 0 N–H and O–H groups in total. The molecular weight excluding hydrogens is 338 g/mol. The van der Waals surface area contributed by atoms with Crippen molar-refractivity contribution >= 4 is 35.9 Å². The standard InChI is InChI=1S/C15H32IP/c1-5-15(4)17(14(2)3)13-11-9-7-6-8-10-12-16/h13-15,17H,5-12H2,1-4H3. The maximum Gasteiger partial charge on any atom is -0.000473 e. The molecule has 0 heterocycles. The SMILES string of the molecule is CCC(C)/[PH](=C/CCCCCCCI)C(C)C. The van der Waals surface area contributed by atoms with Crippen LogP contribution in [0.4, 0.5) is 0 Å². The predicted molar refractivity (Wildman–Crippen MR) is 95.9 cm³/mol. The lowest BCUT2D eigenvalue weighted by atomic mass is 10.1. The minimum Gasteiger partial charge on any atom is -0.116 e. The molecule has 0 rings (SSSR count). The lowest BCUT2D eigenvalue weighted by molar-refractivity contribution is 0.651. The topological polar surface area (TPSA) is 0 Å². The molecule has 104 valence electrons. The normalized spacial score (nSPS) is 15.4. The molecule has 0 saturated carbocycles. The molecule has 0 saturated heterocycles. The second kappa shape index (κ2) is 12.1. The molecule has 0 aromatic rings. The summed E-state index contributed by atoms with van der Waals surface area (Å²) in [5.74, 6) is 2.71. The van der Waals surface area contributed by atoms with Crippen LogP contribution in [0.2, 0.25) is 0 Å². The largest absolute Gasteiger partial charge is 0.116 e. The number of halogens is 1. The first-order chi connectivity index (χ1) is 8.13. The van der Waals surface area contributed by atoms with Crippen molar-refractivity contribution in [3.63, 3.8) is 0 Å². The maximum absolute atomic E-state index is 2.71. The smallest absolute Gasteiger partial charge is 0.000473 e. The van der Waals surface area contributed by atoms with Crippen molar-refractivity contribution in [2.75, 3.05) is 4.43 Å². The van der Waals surface area contributed by atoms with E-state index in [2.05, 4.69) is 56.1 Å². The Bertz CT molecular complexity index is 199. The minimum absolute atomic E-state index is 0.214. The summed E-state index contributed by atoms with van der Waals surface area (Å²) in [6, 6.07) is 0. The van der Waals surface area contributed by atoms with Crippen molar-refractivity contribution in [2.45, 2.75) is 84.0 Å². The Morgan fingerprint density at radius 1 is 1.00 bits per heavy atom. The third kappa shape index (κ3) is 9.59.